The summed E-state index contributed by atoms with van der Waals surface area (Å²) >= 11 is 0. The number of anilines is 1. The third kappa shape index (κ3) is 3.03. The zero-order valence-electron chi connectivity index (χ0n) is 6.96. The maximum atomic E-state index is 3.88. The quantitative estimate of drug-likeness (QED) is 0.710. The molecule has 0 unspecified atom stereocenters. The van der Waals surface area contributed by atoms with Crippen LogP contribution in [-0.2, 0) is 0 Å². The number of aromatic nitrogens is 1. The van der Waals surface area contributed by atoms with Crippen molar-refractivity contribution in [2.75, 3.05) is 11.9 Å². The third-order valence-electron chi connectivity index (χ3n) is 1.31. The molecule has 0 aliphatic carbocycles. The number of hydrogen-bond acceptors (Lipinski definition) is 2. The molecule has 2 nitrogen and oxygen atoms in total. The van der Waals surface area contributed by atoms with E-state index in [0.717, 1.165) is 12.2 Å². The molecule has 0 aliphatic heterocycles. The van der Waals surface area contributed by atoms with Crippen LogP contribution in [0.2, 0.25) is 0 Å². The van der Waals surface area contributed by atoms with E-state index in [2.05, 4.69) is 30.3 Å². The highest BCUT2D eigenvalue weighted by Gasteiger charge is 1.93. The molecule has 1 rings (SSSR count). The molecule has 0 saturated carbocycles. The van der Waals surface area contributed by atoms with Crippen molar-refractivity contribution < 1.29 is 0 Å². The predicted molar refractivity (Wildman–Crippen MR) is 46.4 cm³/mol. The van der Waals surface area contributed by atoms with E-state index < -0.39 is 0 Å². The number of rotatable bonds is 3. The Kier molecular flexibility index (Phi) is 2.90. The van der Waals surface area contributed by atoms with Gasteiger partial charge in [-0.2, -0.15) is 0 Å². The summed E-state index contributed by atoms with van der Waals surface area (Å²) in [5, 5.41) is 3.23. The number of hydrogen-bond donors (Lipinski definition) is 1. The lowest BCUT2D eigenvalue weighted by Crippen LogP contribution is -2.07. The summed E-state index contributed by atoms with van der Waals surface area (Å²) in [5.74, 6) is 0.656. The standard InChI is InChI=1S/C9H13N2/c1-8(2)6-11-9-4-3-5-10-7-9/h3-5,8,11H,6H2,1-2H3. The molecular formula is C9H13N2. The summed E-state index contributed by atoms with van der Waals surface area (Å²) in [4.78, 5) is 3.88. The molecule has 1 N–H and O–H groups in total. The fourth-order valence-corrected chi connectivity index (χ4v) is 0.739. The van der Waals surface area contributed by atoms with Crippen molar-refractivity contribution in [1.82, 2.24) is 4.98 Å². The van der Waals surface area contributed by atoms with Crippen molar-refractivity contribution in [2.45, 2.75) is 13.8 Å². The molecule has 0 fully saturated rings. The maximum absolute atomic E-state index is 3.88. The van der Waals surface area contributed by atoms with Gasteiger partial charge < -0.3 is 5.32 Å². The summed E-state index contributed by atoms with van der Waals surface area (Å²) in [7, 11) is 0. The van der Waals surface area contributed by atoms with Crippen LogP contribution >= 0.6 is 0 Å². The monoisotopic (exact) mass is 149 g/mol. The van der Waals surface area contributed by atoms with Gasteiger partial charge in [0.05, 0.1) is 5.69 Å². The smallest absolute Gasteiger partial charge is 0.114 e. The molecule has 0 saturated heterocycles. The van der Waals surface area contributed by atoms with Gasteiger partial charge in [-0.05, 0) is 18.1 Å². The normalized spacial score (nSPS) is 10.1. The Bertz CT molecular complexity index is 194. The summed E-state index contributed by atoms with van der Waals surface area (Å²) in [5.41, 5.74) is 0.973. The van der Waals surface area contributed by atoms with E-state index in [-0.39, 0.29) is 0 Å². The van der Waals surface area contributed by atoms with Crippen molar-refractivity contribution in [3.05, 3.63) is 24.5 Å². The van der Waals surface area contributed by atoms with Crippen molar-refractivity contribution in [3.63, 3.8) is 0 Å². The number of nitrogens with zero attached hydrogens (tertiary/aromatic N) is 1. The van der Waals surface area contributed by atoms with Gasteiger partial charge in [0.1, 0.15) is 6.20 Å². The van der Waals surface area contributed by atoms with Crippen LogP contribution in [0.15, 0.2) is 18.3 Å². The lowest BCUT2D eigenvalue weighted by Gasteiger charge is -2.06. The van der Waals surface area contributed by atoms with Gasteiger partial charge in [-0.25, -0.2) is 0 Å². The molecule has 0 bridgehead atoms. The van der Waals surface area contributed by atoms with E-state index >= 15 is 0 Å². The molecule has 0 amide bonds. The van der Waals surface area contributed by atoms with Crippen LogP contribution in [-0.4, -0.2) is 11.5 Å². The van der Waals surface area contributed by atoms with E-state index in [4.69, 9.17) is 0 Å². The van der Waals surface area contributed by atoms with E-state index in [1.165, 1.54) is 0 Å². The summed E-state index contributed by atoms with van der Waals surface area (Å²) < 4.78 is 0. The van der Waals surface area contributed by atoms with Gasteiger partial charge in [-0.15, -0.1) is 0 Å². The van der Waals surface area contributed by atoms with Crippen LogP contribution in [0.5, 0.6) is 0 Å². The molecule has 1 aromatic rings. The average Bonchev–Trinajstić information content (AvgIpc) is 2.03. The topological polar surface area (TPSA) is 24.9 Å². The first kappa shape index (κ1) is 8.05. The maximum Gasteiger partial charge on any atom is 0.114 e. The van der Waals surface area contributed by atoms with Crippen LogP contribution in [0.3, 0.4) is 0 Å². The molecule has 0 aliphatic rings. The molecule has 2 heteroatoms. The first-order valence-corrected chi connectivity index (χ1v) is 3.85. The van der Waals surface area contributed by atoms with Crippen LogP contribution in [0, 0.1) is 12.1 Å². The second-order valence-corrected chi connectivity index (χ2v) is 2.94. The molecular weight excluding hydrogens is 136 g/mol. The lowest BCUT2D eigenvalue weighted by molar-refractivity contribution is 0.688. The highest BCUT2D eigenvalue weighted by atomic mass is 14.9. The molecule has 59 valence electrons. The minimum Gasteiger partial charge on any atom is -0.383 e. The summed E-state index contributed by atoms with van der Waals surface area (Å²) in [6, 6.07) is 3.87. The Hall–Kier alpha value is -1.05. The van der Waals surface area contributed by atoms with E-state index in [0.29, 0.717) is 5.92 Å². The van der Waals surface area contributed by atoms with E-state index in [1.54, 1.807) is 6.20 Å². The average molecular weight is 149 g/mol. The Balaban J connectivity index is 2.39. The van der Waals surface area contributed by atoms with E-state index in [9.17, 15) is 0 Å². The lowest BCUT2D eigenvalue weighted by atomic mass is 10.2. The highest BCUT2D eigenvalue weighted by Crippen LogP contribution is 2.02. The summed E-state index contributed by atoms with van der Waals surface area (Å²) in [6.45, 7) is 5.31. The number of nitrogens with one attached hydrogen (secondary N) is 1. The van der Waals surface area contributed by atoms with Gasteiger partial charge in [-0.3, -0.25) is 4.98 Å². The summed E-state index contributed by atoms with van der Waals surface area (Å²) in [6.07, 6.45) is 4.59. The molecule has 1 heterocycles. The van der Waals surface area contributed by atoms with Crippen molar-refractivity contribution in [2.24, 2.45) is 5.92 Å². The van der Waals surface area contributed by atoms with Gasteiger partial charge in [0.2, 0.25) is 0 Å². The Morgan fingerprint density at radius 2 is 2.45 bits per heavy atom. The van der Waals surface area contributed by atoms with Gasteiger partial charge in [-0.1, -0.05) is 13.8 Å². The number of pyridine rings is 1. The van der Waals surface area contributed by atoms with Crippen LogP contribution in [0.1, 0.15) is 13.8 Å². The SMILES string of the molecule is CC(C)CNc1[c]nccc1. The zero-order chi connectivity index (χ0) is 8.10. The van der Waals surface area contributed by atoms with Gasteiger partial charge in [0.15, 0.2) is 0 Å². The molecule has 11 heavy (non-hydrogen) atoms. The van der Waals surface area contributed by atoms with Gasteiger partial charge in [0.25, 0.3) is 0 Å². The third-order valence-corrected chi connectivity index (χ3v) is 1.31. The molecule has 0 spiro atoms. The van der Waals surface area contributed by atoms with Crippen LogP contribution in [0.25, 0.3) is 0 Å². The fourth-order valence-electron chi connectivity index (χ4n) is 0.739. The van der Waals surface area contributed by atoms with Crippen molar-refractivity contribution >= 4 is 5.69 Å². The predicted octanol–water partition coefficient (Wildman–Crippen LogP) is 1.95. The highest BCUT2D eigenvalue weighted by molar-refractivity contribution is 5.38. The minimum atomic E-state index is 0.656. The van der Waals surface area contributed by atoms with Crippen LogP contribution < -0.4 is 5.32 Å². The molecule has 0 atom stereocenters. The second-order valence-electron chi connectivity index (χ2n) is 2.94. The van der Waals surface area contributed by atoms with Crippen LogP contribution in [0.4, 0.5) is 5.69 Å². The van der Waals surface area contributed by atoms with Gasteiger partial charge in [0, 0.05) is 12.7 Å². The molecule has 0 aromatic carbocycles. The minimum absolute atomic E-state index is 0.656. The Labute approximate surface area is 67.7 Å². The first-order valence-electron chi connectivity index (χ1n) is 3.85. The molecule has 1 radical (unpaired) electrons. The zero-order valence-corrected chi connectivity index (χ0v) is 6.96. The Morgan fingerprint density at radius 1 is 1.64 bits per heavy atom. The van der Waals surface area contributed by atoms with Crippen molar-refractivity contribution in [3.8, 4) is 0 Å². The first-order chi connectivity index (χ1) is 5.29. The van der Waals surface area contributed by atoms with Crippen molar-refractivity contribution in [1.29, 1.82) is 0 Å². The molecule has 1 aromatic heterocycles. The Morgan fingerprint density at radius 3 is 3.00 bits per heavy atom. The van der Waals surface area contributed by atoms with E-state index in [1.807, 2.05) is 12.1 Å². The largest absolute Gasteiger partial charge is 0.383 e. The fraction of sp³-hybridized carbons (Fsp3) is 0.444. The van der Waals surface area contributed by atoms with Gasteiger partial charge >= 0.3 is 0 Å². The second kappa shape index (κ2) is 3.96.